The molecule has 4 nitrogen and oxygen atoms in total. The third-order valence-electron chi connectivity index (χ3n) is 1.98. The number of rotatable bonds is 3. The van der Waals surface area contributed by atoms with Gasteiger partial charge in [0.15, 0.2) is 4.34 Å². The molecule has 0 amide bonds. The lowest BCUT2D eigenvalue weighted by Gasteiger charge is -2.08. The van der Waals surface area contributed by atoms with Gasteiger partial charge in [-0.05, 0) is 43.2 Å². The Kier molecular flexibility index (Phi) is 3.52. The van der Waals surface area contributed by atoms with Crippen LogP contribution in [0.2, 0.25) is 0 Å². The van der Waals surface area contributed by atoms with Crippen molar-refractivity contribution < 1.29 is 0 Å². The van der Waals surface area contributed by atoms with Crippen LogP contribution in [0.25, 0.3) is 0 Å². The fourth-order valence-corrected chi connectivity index (χ4v) is 2.99. The van der Waals surface area contributed by atoms with E-state index in [1.165, 1.54) is 23.3 Å². The van der Waals surface area contributed by atoms with E-state index in [2.05, 4.69) is 14.3 Å². The molecule has 0 aromatic carbocycles. The van der Waals surface area contributed by atoms with Crippen molar-refractivity contribution in [1.29, 1.82) is 0 Å². The van der Waals surface area contributed by atoms with Gasteiger partial charge in [-0.1, -0.05) is 6.07 Å². The van der Waals surface area contributed by atoms with Crippen molar-refractivity contribution in [3.8, 4) is 0 Å². The highest BCUT2D eigenvalue weighted by molar-refractivity contribution is 8.00. The Bertz CT molecular complexity index is 481. The van der Waals surface area contributed by atoms with Gasteiger partial charge in [0.05, 0.1) is 0 Å². The average Bonchev–Trinajstić information content (AvgIpc) is 2.64. The van der Waals surface area contributed by atoms with Gasteiger partial charge < -0.3 is 5.73 Å². The van der Waals surface area contributed by atoms with E-state index in [0.29, 0.717) is 0 Å². The molecule has 2 aromatic heterocycles. The van der Waals surface area contributed by atoms with Crippen LogP contribution in [0.3, 0.4) is 0 Å². The Morgan fingerprint density at radius 1 is 1.50 bits per heavy atom. The Morgan fingerprint density at radius 3 is 2.94 bits per heavy atom. The third kappa shape index (κ3) is 2.58. The quantitative estimate of drug-likeness (QED) is 0.908. The molecule has 0 bridgehead atoms. The molecule has 84 valence electrons. The Balaban J connectivity index is 2.27. The van der Waals surface area contributed by atoms with E-state index < -0.39 is 0 Å². The van der Waals surface area contributed by atoms with Gasteiger partial charge in [0.25, 0.3) is 0 Å². The highest BCUT2D eigenvalue weighted by Gasteiger charge is 2.11. The number of hydrogen-bond donors (Lipinski definition) is 1. The largest absolute Gasteiger partial charge is 0.324 e. The first-order chi connectivity index (χ1) is 7.66. The van der Waals surface area contributed by atoms with Crippen LogP contribution in [0.4, 0.5) is 0 Å². The molecule has 0 spiro atoms. The monoisotopic (exact) mass is 252 g/mol. The Labute approximate surface area is 102 Å². The summed E-state index contributed by atoms with van der Waals surface area (Å²) in [5.41, 5.74) is 6.93. The summed E-state index contributed by atoms with van der Waals surface area (Å²) < 4.78 is 5.04. The van der Waals surface area contributed by atoms with Gasteiger partial charge in [0, 0.05) is 17.8 Å². The molecule has 16 heavy (non-hydrogen) atoms. The lowest BCUT2D eigenvalue weighted by atomic mass is 10.2. The van der Waals surface area contributed by atoms with E-state index in [1.807, 2.05) is 26.0 Å². The van der Waals surface area contributed by atoms with Gasteiger partial charge in [-0.25, -0.2) is 9.97 Å². The molecule has 2 N–H and O–H groups in total. The maximum atomic E-state index is 5.89. The van der Waals surface area contributed by atoms with E-state index in [4.69, 9.17) is 5.73 Å². The van der Waals surface area contributed by atoms with Gasteiger partial charge in [-0.3, -0.25) is 0 Å². The minimum Gasteiger partial charge on any atom is -0.324 e. The van der Waals surface area contributed by atoms with Crippen molar-refractivity contribution in [2.24, 2.45) is 5.73 Å². The summed E-state index contributed by atoms with van der Waals surface area (Å²) in [5.74, 6) is 0.797. The topological polar surface area (TPSA) is 64.7 Å². The Hall–Kier alpha value is -0.980. The second-order valence-corrected chi connectivity index (χ2v) is 5.38. The summed E-state index contributed by atoms with van der Waals surface area (Å²) in [6.07, 6.45) is 1.77. The number of nitrogens with zero attached hydrogens (tertiary/aromatic N) is 3. The zero-order valence-electron chi connectivity index (χ0n) is 9.04. The first kappa shape index (κ1) is 11.5. The van der Waals surface area contributed by atoms with E-state index in [1.54, 1.807) is 6.20 Å². The van der Waals surface area contributed by atoms with Crippen molar-refractivity contribution in [1.82, 2.24) is 14.3 Å². The molecule has 0 radical (unpaired) electrons. The molecule has 2 rings (SSSR count). The molecule has 0 aliphatic heterocycles. The van der Waals surface area contributed by atoms with Crippen LogP contribution < -0.4 is 5.73 Å². The molecule has 1 atom stereocenters. The lowest BCUT2D eigenvalue weighted by Crippen LogP contribution is -2.06. The smallest absolute Gasteiger partial charge is 0.176 e. The molecular formula is C10H12N4S2. The standard InChI is InChI=1S/C10H12N4S2/c1-6(11)8-4-3-5-12-9(8)15-10-13-7(2)14-16-10/h3-6H,11H2,1-2H3. The first-order valence-corrected chi connectivity index (χ1v) is 6.44. The molecule has 2 aromatic rings. The third-order valence-corrected chi connectivity index (χ3v) is 3.86. The van der Waals surface area contributed by atoms with E-state index >= 15 is 0 Å². The van der Waals surface area contributed by atoms with Crippen molar-refractivity contribution in [2.45, 2.75) is 29.3 Å². The summed E-state index contributed by atoms with van der Waals surface area (Å²) in [4.78, 5) is 8.62. The van der Waals surface area contributed by atoms with Gasteiger partial charge in [-0.2, -0.15) is 4.37 Å². The predicted octanol–water partition coefficient (Wildman–Crippen LogP) is 2.41. The normalized spacial score (nSPS) is 12.7. The summed E-state index contributed by atoms with van der Waals surface area (Å²) in [5, 5.41) is 0.911. The molecule has 1 unspecified atom stereocenters. The summed E-state index contributed by atoms with van der Waals surface area (Å²) in [7, 11) is 0. The summed E-state index contributed by atoms with van der Waals surface area (Å²) >= 11 is 2.90. The summed E-state index contributed by atoms with van der Waals surface area (Å²) in [6, 6.07) is 3.87. The first-order valence-electron chi connectivity index (χ1n) is 4.85. The summed E-state index contributed by atoms with van der Waals surface area (Å²) in [6.45, 7) is 3.83. The van der Waals surface area contributed by atoms with Crippen LogP contribution in [0.5, 0.6) is 0 Å². The van der Waals surface area contributed by atoms with Crippen LogP contribution in [-0.2, 0) is 0 Å². The molecule has 0 fully saturated rings. The van der Waals surface area contributed by atoms with Crippen LogP contribution in [0, 0.1) is 6.92 Å². The maximum absolute atomic E-state index is 5.89. The van der Waals surface area contributed by atoms with Crippen LogP contribution in [0.15, 0.2) is 27.7 Å². The SMILES string of the molecule is Cc1nsc(Sc2ncccc2C(C)N)n1. The average molecular weight is 252 g/mol. The lowest BCUT2D eigenvalue weighted by molar-refractivity contribution is 0.779. The van der Waals surface area contributed by atoms with Gasteiger partial charge in [0.2, 0.25) is 0 Å². The van der Waals surface area contributed by atoms with E-state index in [0.717, 1.165) is 20.8 Å². The van der Waals surface area contributed by atoms with Gasteiger partial charge in [-0.15, -0.1) is 0 Å². The number of aromatic nitrogens is 3. The Morgan fingerprint density at radius 2 is 2.31 bits per heavy atom. The molecular weight excluding hydrogens is 240 g/mol. The van der Waals surface area contributed by atoms with Gasteiger partial charge in [0.1, 0.15) is 10.9 Å². The highest BCUT2D eigenvalue weighted by atomic mass is 32.2. The van der Waals surface area contributed by atoms with Crippen LogP contribution in [-0.4, -0.2) is 14.3 Å². The van der Waals surface area contributed by atoms with Gasteiger partial charge >= 0.3 is 0 Å². The molecule has 6 heteroatoms. The number of pyridine rings is 1. The zero-order chi connectivity index (χ0) is 11.5. The number of hydrogen-bond acceptors (Lipinski definition) is 6. The zero-order valence-corrected chi connectivity index (χ0v) is 10.7. The molecule has 0 aliphatic rings. The van der Waals surface area contributed by atoms with Crippen LogP contribution >= 0.6 is 23.3 Å². The predicted molar refractivity (Wildman–Crippen MR) is 65.6 cm³/mol. The second-order valence-electron chi connectivity index (χ2n) is 3.40. The number of aryl methyl sites for hydroxylation is 1. The fraction of sp³-hybridized carbons (Fsp3) is 0.300. The minimum atomic E-state index is -0.0229. The van der Waals surface area contributed by atoms with Crippen molar-refractivity contribution in [3.63, 3.8) is 0 Å². The molecule has 0 saturated carbocycles. The minimum absolute atomic E-state index is 0.0229. The molecule has 0 aliphatic carbocycles. The van der Waals surface area contributed by atoms with Crippen molar-refractivity contribution >= 4 is 23.3 Å². The second kappa shape index (κ2) is 4.90. The molecule has 2 heterocycles. The molecule has 0 saturated heterocycles. The van der Waals surface area contributed by atoms with Crippen molar-refractivity contribution in [3.05, 3.63) is 29.7 Å². The van der Waals surface area contributed by atoms with E-state index in [9.17, 15) is 0 Å². The fourth-order valence-electron chi connectivity index (χ4n) is 1.24. The van der Waals surface area contributed by atoms with E-state index in [-0.39, 0.29) is 6.04 Å². The van der Waals surface area contributed by atoms with Crippen LogP contribution in [0.1, 0.15) is 24.4 Å². The highest BCUT2D eigenvalue weighted by Crippen LogP contribution is 2.31. The van der Waals surface area contributed by atoms with Crippen molar-refractivity contribution in [2.75, 3.05) is 0 Å². The number of nitrogens with two attached hydrogens (primary N) is 1. The maximum Gasteiger partial charge on any atom is 0.176 e.